The van der Waals surface area contributed by atoms with Crippen molar-refractivity contribution >= 4 is 0 Å². The van der Waals surface area contributed by atoms with Gasteiger partial charge in [0.25, 0.3) is 0 Å². The van der Waals surface area contributed by atoms with Crippen molar-refractivity contribution in [3.8, 4) is 17.1 Å². The van der Waals surface area contributed by atoms with E-state index < -0.39 is 17.9 Å². The Labute approximate surface area is 93.4 Å². The van der Waals surface area contributed by atoms with Gasteiger partial charge in [0.1, 0.15) is 5.76 Å². The Balaban J connectivity index is 2.36. The third-order valence-electron chi connectivity index (χ3n) is 1.96. The van der Waals surface area contributed by atoms with Crippen LogP contribution in [0.15, 0.2) is 41.0 Å². The first kappa shape index (κ1) is 11.5. The maximum absolute atomic E-state index is 13.1. The van der Waals surface area contributed by atoms with Gasteiger partial charge in [0, 0.05) is 5.56 Å². The second-order valence-electron chi connectivity index (χ2n) is 3.17. The van der Waals surface area contributed by atoms with E-state index in [0.29, 0.717) is 11.3 Å². The van der Waals surface area contributed by atoms with E-state index in [0.717, 1.165) is 12.1 Å². The summed E-state index contributed by atoms with van der Waals surface area (Å²) in [5.41, 5.74) is 0.302. The van der Waals surface area contributed by atoms with Gasteiger partial charge in [-0.05, 0) is 30.3 Å². The highest BCUT2D eigenvalue weighted by atomic mass is 19.4. The largest absolute Gasteiger partial charge is 0.573 e. The van der Waals surface area contributed by atoms with Crippen molar-refractivity contribution in [2.75, 3.05) is 0 Å². The Kier molecular flexibility index (Phi) is 2.79. The maximum Gasteiger partial charge on any atom is 0.573 e. The number of benzene rings is 1. The molecule has 0 aliphatic heterocycles. The number of hydrogen-bond acceptors (Lipinski definition) is 2. The molecule has 17 heavy (non-hydrogen) atoms. The smallest absolute Gasteiger partial charge is 0.464 e. The molecule has 0 saturated carbocycles. The van der Waals surface area contributed by atoms with E-state index in [1.165, 1.54) is 12.3 Å². The highest BCUT2D eigenvalue weighted by molar-refractivity contribution is 5.59. The molecular weight excluding hydrogens is 240 g/mol. The van der Waals surface area contributed by atoms with E-state index in [1.807, 2.05) is 0 Å². The fourth-order valence-corrected chi connectivity index (χ4v) is 1.30. The molecule has 6 heteroatoms. The Bertz CT molecular complexity index is 503. The molecule has 2 nitrogen and oxygen atoms in total. The van der Waals surface area contributed by atoms with Gasteiger partial charge in [0.2, 0.25) is 0 Å². The van der Waals surface area contributed by atoms with E-state index >= 15 is 0 Å². The van der Waals surface area contributed by atoms with Crippen molar-refractivity contribution in [3.05, 3.63) is 42.4 Å². The molecule has 0 saturated heterocycles. The molecule has 0 fully saturated rings. The molecular formula is C11H6F4O2. The molecule has 90 valence electrons. The number of halogens is 4. The summed E-state index contributed by atoms with van der Waals surface area (Å²) in [5, 5.41) is 0. The molecule has 1 aromatic carbocycles. The van der Waals surface area contributed by atoms with Crippen LogP contribution in [-0.2, 0) is 0 Å². The van der Waals surface area contributed by atoms with Gasteiger partial charge >= 0.3 is 6.36 Å². The zero-order valence-corrected chi connectivity index (χ0v) is 8.29. The van der Waals surface area contributed by atoms with Crippen molar-refractivity contribution in [2.24, 2.45) is 0 Å². The molecule has 0 spiro atoms. The minimum atomic E-state index is -4.93. The summed E-state index contributed by atoms with van der Waals surface area (Å²) >= 11 is 0. The van der Waals surface area contributed by atoms with Crippen LogP contribution >= 0.6 is 0 Å². The molecule has 1 heterocycles. The molecule has 0 aliphatic rings. The van der Waals surface area contributed by atoms with Gasteiger partial charge in [0.05, 0.1) is 6.26 Å². The first-order chi connectivity index (χ1) is 7.96. The highest BCUT2D eigenvalue weighted by Gasteiger charge is 2.32. The number of rotatable bonds is 2. The number of ether oxygens (including phenoxy) is 1. The summed E-state index contributed by atoms with van der Waals surface area (Å²) in [4.78, 5) is 0. The highest BCUT2D eigenvalue weighted by Crippen LogP contribution is 2.30. The van der Waals surface area contributed by atoms with Crippen LogP contribution in [0.25, 0.3) is 11.3 Å². The van der Waals surface area contributed by atoms with E-state index in [4.69, 9.17) is 4.42 Å². The van der Waals surface area contributed by atoms with Crippen molar-refractivity contribution in [2.45, 2.75) is 6.36 Å². The minimum absolute atomic E-state index is 0.302. The quantitative estimate of drug-likeness (QED) is 0.747. The zero-order valence-electron chi connectivity index (χ0n) is 8.29. The zero-order chi connectivity index (χ0) is 12.5. The van der Waals surface area contributed by atoms with Crippen LogP contribution in [0.1, 0.15) is 0 Å². The lowest BCUT2D eigenvalue weighted by atomic mass is 10.1. The predicted molar refractivity (Wildman–Crippen MR) is 50.8 cm³/mol. The van der Waals surface area contributed by atoms with Gasteiger partial charge in [-0.1, -0.05) is 0 Å². The van der Waals surface area contributed by atoms with Gasteiger partial charge < -0.3 is 9.15 Å². The van der Waals surface area contributed by atoms with Crippen LogP contribution in [-0.4, -0.2) is 6.36 Å². The van der Waals surface area contributed by atoms with Crippen molar-refractivity contribution in [3.63, 3.8) is 0 Å². The van der Waals surface area contributed by atoms with Crippen molar-refractivity contribution in [1.29, 1.82) is 0 Å². The summed E-state index contributed by atoms with van der Waals surface area (Å²) in [6, 6.07) is 6.24. The van der Waals surface area contributed by atoms with Gasteiger partial charge in [-0.2, -0.15) is 0 Å². The third kappa shape index (κ3) is 2.77. The Morgan fingerprint density at radius 1 is 1.12 bits per heavy atom. The lowest BCUT2D eigenvalue weighted by Crippen LogP contribution is -2.17. The molecule has 1 aromatic heterocycles. The van der Waals surface area contributed by atoms with Crippen molar-refractivity contribution < 1.29 is 26.7 Å². The molecule has 0 amide bonds. The molecule has 2 rings (SSSR count). The summed E-state index contributed by atoms with van der Waals surface area (Å²) in [7, 11) is 0. The first-order valence-corrected chi connectivity index (χ1v) is 4.55. The van der Waals surface area contributed by atoms with Crippen molar-refractivity contribution in [1.82, 2.24) is 0 Å². The molecule has 2 aromatic rings. The fourth-order valence-electron chi connectivity index (χ4n) is 1.30. The molecule has 0 atom stereocenters. The minimum Gasteiger partial charge on any atom is -0.464 e. The molecule has 0 N–H and O–H groups in total. The average molecular weight is 246 g/mol. The predicted octanol–water partition coefficient (Wildman–Crippen LogP) is 3.98. The number of hydrogen-bond donors (Lipinski definition) is 0. The van der Waals surface area contributed by atoms with E-state index in [-0.39, 0.29) is 0 Å². The number of furan rings is 1. The SMILES string of the molecule is Fc1ccc(-c2ccco2)cc1OC(F)(F)F. The molecule has 0 aliphatic carbocycles. The summed E-state index contributed by atoms with van der Waals surface area (Å²) < 4.78 is 57.6. The normalized spacial score (nSPS) is 11.5. The summed E-state index contributed by atoms with van der Waals surface area (Å²) in [5.74, 6) is -1.64. The van der Waals surface area contributed by atoms with Gasteiger partial charge in [0.15, 0.2) is 11.6 Å². The lowest BCUT2D eigenvalue weighted by Gasteiger charge is -2.10. The molecule has 0 unspecified atom stereocenters. The Morgan fingerprint density at radius 3 is 2.47 bits per heavy atom. The molecule has 0 radical (unpaired) electrons. The van der Waals surface area contributed by atoms with E-state index in [1.54, 1.807) is 12.1 Å². The summed E-state index contributed by atoms with van der Waals surface area (Å²) in [6.45, 7) is 0. The lowest BCUT2D eigenvalue weighted by molar-refractivity contribution is -0.275. The van der Waals surface area contributed by atoms with Crippen LogP contribution in [0.5, 0.6) is 5.75 Å². The first-order valence-electron chi connectivity index (χ1n) is 4.55. The van der Waals surface area contributed by atoms with E-state index in [9.17, 15) is 17.6 Å². The second kappa shape index (κ2) is 4.12. The second-order valence-corrected chi connectivity index (χ2v) is 3.17. The number of alkyl halides is 3. The summed E-state index contributed by atoms with van der Waals surface area (Å²) in [6.07, 6.45) is -3.56. The topological polar surface area (TPSA) is 22.4 Å². The Hall–Kier alpha value is -1.98. The maximum atomic E-state index is 13.1. The van der Waals surface area contributed by atoms with Crippen LogP contribution in [0.4, 0.5) is 17.6 Å². The fraction of sp³-hybridized carbons (Fsp3) is 0.0909. The van der Waals surface area contributed by atoms with Crippen LogP contribution in [0.2, 0.25) is 0 Å². The standard InChI is InChI=1S/C11H6F4O2/c12-8-4-3-7(9-2-1-5-16-9)6-10(8)17-11(13,14)15/h1-6H. The van der Waals surface area contributed by atoms with Crippen LogP contribution < -0.4 is 4.74 Å². The van der Waals surface area contributed by atoms with Gasteiger partial charge in [-0.15, -0.1) is 13.2 Å². The van der Waals surface area contributed by atoms with Gasteiger partial charge in [-0.25, -0.2) is 4.39 Å². The molecule has 0 bridgehead atoms. The van der Waals surface area contributed by atoms with E-state index in [2.05, 4.69) is 4.74 Å². The van der Waals surface area contributed by atoms with Crippen LogP contribution in [0.3, 0.4) is 0 Å². The Morgan fingerprint density at radius 2 is 1.88 bits per heavy atom. The average Bonchev–Trinajstić information content (AvgIpc) is 2.72. The third-order valence-corrected chi connectivity index (χ3v) is 1.96. The monoisotopic (exact) mass is 246 g/mol. The van der Waals surface area contributed by atoms with Crippen LogP contribution in [0, 0.1) is 5.82 Å². The van der Waals surface area contributed by atoms with Gasteiger partial charge in [-0.3, -0.25) is 0 Å².